The van der Waals surface area contributed by atoms with E-state index in [1.165, 1.54) is 0 Å². The van der Waals surface area contributed by atoms with E-state index in [2.05, 4.69) is 0 Å². The molecule has 6 heteroatoms. The summed E-state index contributed by atoms with van der Waals surface area (Å²) in [5.41, 5.74) is 0.853. The van der Waals surface area contributed by atoms with Gasteiger partial charge in [0.15, 0.2) is 0 Å². The normalized spacial score (nSPS) is 25.1. The number of carbonyl (C=O) groups is 1. The number of allylic oxidation sites excluding steroid dienone is 1. The number of hydrogen-bond donors (Lipinski definition) is 4. The van der Waals surface area contributed by atoms with Crippen LogP contribution < -0.4 is 0 Å². The Labute approximate surface area is 149 Å². The van der Waals surface area contributed by atoms with Crippen LogP contribution in [0.15, 0.2) is 35.6 Å². The second-order valence-electron chi connectivity index (χ2n) is 6.77. The molecule has 1 rings (SSSR count). The predicted molar refractivity (Wildman–Crippen MR) is 94.7 cm³/mol. The molecule has 0 amide bonds. The zero-order valence-electron chi connectivity index (χ0n) is 15.3. The maximum absolute atomic E-state index is 11.3. The third-order valence-corrected chi connectivity index (χ3v) is 4.69. The number of cyclic esters (lactones) is 1. The smallest absolute Gasteiger partial charge is 0.334 e. The molecule has 4 N–H and O–H groups in total. The number of hydrogen-bond acceptors (Lipinski definition) is 6. The van der Waals surface area contributed by atoms with Crippen molar-refractivity contribution >= 4 is 5.97 Å². The molecule has 1 aliphatic heterocycles. The van der Waals surface area contributed by atoms with Gasteiger partial charge >= 0.3 is 5.97 Å². The van der Waals surface area contributed by atoms with Gasteiger partial charge in [0.25, 0.3) is 0 Å². The Balaban J connectivity index is 2.57. The fraction of sp³-hybridized carbons (Fsp3) is 0.632. The fourth-order valence-electron chi connectivity index (χ4n) is 2.67. The summed E-state index contributed by atoms with van der Waals surface area (Å²) in [6.45, 7) is 7.23. The predicted octanol–water partition coefficient (Wildman–Crippen LogP) is 2.01. The molecule has 0 saturated carbocycles. The van der Waals surface area contributed by atoms with E-state index in [9.17, 15) is 25.2 Å². The lowest BCUT2D eigenvalue weighted by molar-refractivity contribution is -0.147. The lowest BCUT2D eigenvalue weighted by atomic mass is 9.90. The highest BCUT2D eigenvalue weighted by Crippen LogP contribution is 2.23. The summed E-state index contributed by atoms with van der Waals surface area (Å²) in [5, 5.41) is 40.1. The van der Waals surface area contributed by atoms with Crippen molar-refractivity contribution in [3.05, 3.63) is 35.6 Å². The van der Waals surface area contributed by atoms with Gasteiger partial charge in [-0.3, -0.25) is 0 Å². The van der Waals surface area contributed by atoms with Crippen molar-refractivity contribution in [3.63, 3.8) is 0 Å². The topological polar surface area (TPSA) is 107 Å². The van der Waals surface area contributed by atoms with Gasteiger partial charge < -0.3 is 25.2 Å². The van der Waals surface area contributed by atoms with Crippen molar-refractivity contribution in [1.29, 1.82) is 0 Å². The van der Waals surface area contributed by atoms with Gasteiger partial charge in [0.2, 0.25) is 0 Å². The summed E-state index contributed by atoms with van der Waals surface area (Å²) in [6.07, 6.45) is 3.40. The zero-order chi connectivity index (χ0) is 19.1. The van der Waals surface area contributed by atoms with Gasteiger partial charge in [0, 0.05) is 24.7 Å². The van der Waals surface area contributed by atoms with Crippen LogP contribution >= 0.6 is 0 Å². The van der Waals surface area contributed by atoms with Crippen LogP contribution in [-0.4, -0.2) is 50.8 Å². The zero-order valence-corrected chi connectivity index (χ0v) is 15.3. The number of aliphatic hydroxyl groups excluding tert-OH is 4. The lowest BCUT2D eigenvalue weighted by Gasteiger charge is -2.27. The summed E-state index contributed by atoms with van der Waals surface area (Å²) >= 11 is 0. The Morgan fingerprint density at radius 2 is 1.96 bits per heavy atom. The van der Waals surface area contributed by atoms with Gasteiger partial charge in [0.05, 0.1) is 24.4 Å². The average Bonchev–Trinajstić information content (AvgIpc) is 2.56. The third-order valence-electron chi connectivity index (χ3n) is 4.69. The first-order valence-corrected chi connectivity index (χ1v) is 8.61. The van der Waals surface area contributed by atoms with Crippen molar-refractivity contribution in [2.24, 2.45) is 11.8 Å². The second kappa shape index (κ2) is 9.75. The van der Waals surface area contributed by atoms with E-state index in [1.807, 2.05) is 26.8 Å². The molecule has 0 spiro atoms. The summed E-state index contributed by atoms with van der Waals surface area (Å²) in [6, 6.07) is 0. The number of aliphatic hydroxyl groups is 4. The quantitative estimate of drug-likeness (QED) is 0.392. The van der Waals surface area contributed by atoms with Crippen molar-refractivity contribution in [1.82, 2.24) is 0 Å². The maximum Gasteiger partial charge on any atom is 0.334 e. The summed E-state index contributed by atoms with van der Waals surface area (Å²) in [5.74, 6) is -1.35. The molecule has 0 saturated heterocycles. The molecule has 0 bridgehead atoms. The Morgan fingerprint density at radius 3 is 2.52 bits per heavy atom. The first kappa shape index (κ1) is 21.4. The molecule has 0 aromatic carbocycles. The SMILES string of the molecule is C/C=C(\C)[C@@H](O)[C@@H](C)/C=C/[C@@H](O)[C@@H](C)[C@@H](O)C[C@@H]1CC(O)=CC(=O)O1. The molecule has 0 aliphatic carbocycles. The molecule has 1 heterocycles. The number of ether oxygens (including phenoxy) is 1. The van der Waals surface area contributed by atoms with Gasteiger partial charge in [-0.25, -0.2) is 4.79 Å². The molecule has 0 fully saturated rings. The first-order chi connectivity index (χ1) is 11.6. The highest BCUT2D eigenvalue weighted by Gasteiger charge is 2.28. The van der Waals surface area contributed by atoms with Crippen molar-refractivity contribution < 1.29 is 30.0 Å². The molecule has 0 aromatic heterocycles. The van der Waals surface area contributed by atoms with Crippen LogP contribution in [0.2, 0.25) is 0 Å². The van der Waals surface area contributed by atoms with Crippen LogP contribution in [0.1, 0.15) is 40.5 Å². The molecule has 25 heavy (non-hydrogen) atoms. The van der Waals surface area contributed by atoms with Crippen LogP contribution in [0, 0.1) is 11.8 Å². The lowest BCUT2D eigenvalue weighted by Crippen LogP contribution is -2.34. The van der Waals surface area contributed by atoms with Gasteiger partial charge in [-0.15, -0.1) is 0 Å². The number of rotatable bonds is 8. The Morgan fingerprint density at radius 1 is 1.32 bits per heavy atom. The van der Waals surface area contributed by atoms with E-state index in [1.54, 1.807) is 19.1 Å². The first-order valence-electron chi connectivity index (χ1n) is 8.61. The largest absolute Gasteiger partial charge is 0.512 e. The summed E-state index contributed by atoms with van der Waals surface area (Å²) in [7, 11) is 0. The standard InChI is InChI=1S/C19H30O6/c1-5-11(2)19(24)12(3)6-7-16(21)13(4)17(22)10-15-8-14(20)9-18(23)25-15/h5-7,9,12-13,15-17,19-22,24H,8,10H2,1-4H3/b7-6+,11-5+/t12-,13+,15-,16+,17-,19+/m0/s1. The van der Waals surface area contributed by atoms with Crippen LogP contribution in [0.4, 0.5) is 0 Å². The van der Waals surface area contributed by atoms with E-state index in [0.29, 0.717) is 0 Å². The van der Waals surface area contributed by atoms with Gasteiger partial charge in [-0.1, -0.05) is 32.1 Å². The molecule has 1 aliphatic rings. The summed E-state index contributed by atoms with van der Waals surface area (Å²) in [4.78, 5) is 11.3. The Kier molecular flexibility index (Phi) is 8.35. The molecular weight excluding hydrogens is 324 g/mol. The monoisotopic (exact) mass is 354 g/mol. The molecule has 6 atom stereocenters. The van der Waals surface area contributed by atoms with E-state index in [4.69, 9.17) is 4.74 Å². The van der Waals surface area contributed by atoms with Gasteiger partial charge in [-0.2, -0.15) is 0 Å². The van der Waals surface area contributed by atoms with Crippen LogP contribution in [0.5, 0.6) is 0 Å². The molecule has 0 radical (unpaired) electrons. The average molecular weight is 354 g/mol. The fourth-order valence-corrected chi connectivity index (χ4v) is 2.67. The van der Waals surface area contributed by atoms with E-state index in [0.717, 1.165) is 11.6 Å². The minimum absolute atomic E-state index is 0.0660. The highest BCUT2D eigenvalue weighted by molar-refractivity contribution is 5.83. The van der Waals surface area contributed by atoms with E-state index in [-0.39, 0.29) is 24.5 Å². The summed E-state index contributed by atoms with van der Waals surface area (Å²) < 4.78 is 5.05. The third kappa shape index (κ3) is 6.65. The molecule has 0 aromatic rings. The Hall–Kier alpha value is -1.63. The number of carbonyl (C=O) groups excluding carboxylic acids is 1. The molecule has 0 unspecified atom stereocenters. The molecular formula is C19H30O6. The minimum Gasteiger partial charge on any atom is -0.512 e. The maximum atomic E-state index is 11.3. The van der Waals surface area contributed by atoms with E-state index < -0.39 is 36.3 Å². The molecule has 142 valence electrons. The van der Waals surface area contributed by atoms with Crippen LogP contribution in [0.3, 0.4) is 0 Å². The number of esters is 1. The van der Waals surface area contributed by atoms with Crippen LogP contribution in [0.25, 0.3) is 0 Å². The van der Waals surface area contributed by atoms with Gasteiger partial charge in [-0.05, 0) is 19.4 Å². The van der Waals surface area contributed by atoms with E-state index >= 15 is 0 Å². The second-order valence-corrected chi connectivity index (χ2v) is 6.77. The minimum atomic E-state index is -0.904. The molecule has 6 nitrogen and oxygen atoms in total. The van der Waals surface area contributed by atoms with Crippen molar-refractivity contribution in [2.45, 2.75) is 65.0 Å². The highest BCUT2D eigenvalue weighted by atomic mass is 16.5. The van der Waals surface area contributed by atoms with Crippen molar-refractivity contribution in [3.8, 4) is 0 Å². The Bertz CT molecular complexity index is 536. The van der Waals surface area contributed by atoms with Gasteiger partial charge in [0.1, 0.15) is 11.9 Å². The van der Waals surface area contributed by atoms with Crippen molar-refractivity contribution in [2.75, 3.05) is 0 Å². The van der Waals surface area contributed by atoms with Crippen LogP contribution in [-0.2, 0) is 9.53 Å².